The standard InChI is InChI=1S/C14H20O3/c1-4-16-13-10(15)7-9-8(2)11-5-6-12(17-11)14(9,13)3/h7-8,11-13H,4-6H2,1-3H3/t8-,11-,12+,13-,14-/m1/s1. The summed E-state index contributed by atoms with van der Waals surface area (Å²) in [5, 5.41) is 0. The third-order valence-electron chi connectivity index (χ3n) is 4.83. The predicted molar refractivity (Wildman–Crippen MR) is 63.7 cm³/mol. The van der Waals surface area contributed by atoms with Crippen molar-refractivity contribution < 1.29 is 14.3 Å². The summed E-state index contributed by atoms with van der Waals surface area (Å²) in [6.07, 6.45) is 4.16. The van der Waals surface area contributed by atoms with Crippen LogP contribution in [0.2, 0.25) is 0 Å². The van der Waals surface area contributed by atoms with Gasteiger partial charge in [-0.05, 0) is 31.4 Å². The van der Waals surface area contributed by atoms with Crippen LogP contribution < -0.4 is 0 Å². The van der Waals surface area contributed by atoms with E-state index in [1.165, 1.54) is 5.57 Å². The lowest BCUT2D eigenvalue weighted by molar-refractivity contribution is -0.146. The van der Waals surface area contributed by atoms with Crippen LogP contribution in [0.15, 0.2) is 11.6 Å². The van der Waals surface area contributed by atoms with Crippen LogP contribution in [-0.2, 0) is 14.3 Å². The van der Waals surface area contributed by atoms with Gasteiger partial charge in [0.2, 0.25) is 0 Å². The number of carbonyl (C=O) groups is 1. The summed E-state index contributed by atoms with van der Waals surface area (Å²) in [6.45, 7) is 6.85. The van der Waals surface area contributed by atoms with Gasteiger partial charge in [-0.15, -0.1) is 0 Å². The van der Waals surface area contributed by atoms with Gasteiger partial charge in [0.25, 0.3) is 0 Å². The number of rotatable bonds is 2. The third kappa shape index (κ3) is 1.33. The first kappa shape index (κ1) is 11.4. The Morgan fingerprint density at radius 3 is 3.00 bits per heavy atom. The van der Waals surface area contributed by atoms with Gasteiger partial charge in [-0.2, -0.15) is 0 Å². The van der Waals surface area contributed by atoms with Crippen LogP contribution >= 0.6 is 0 Å². The number of hydrogen-bond acceptors (Lipinski definition) is 3. The van der Waals surface area contributed by atoms with Crippen LogP contribution in [-0.4, -0.2) is 30.7 Å². The predicted octanol–water partition coefficient (Wildman–Crippen LogP) is 2.10. The molecule has 1 aliphatic carbocycles. The quantitative estimate of drug-likeness (QED) is 0.736. The number of fused-ring (bicyclic) bond motifs is 4. The molecule has 2 heterocycles. The second-order valence-electron chi connectivity index (χ2n) is 5.65. The number of ketones is 1. The highest BCUT2D eigenvalue weighted by atomic mass is 16.5. The Labute approximate surface area is 102 Å². The van der Waals surface area contributed by atoms with Crippen LogP contribution in [0.4, 0.5) is 0 Å². The van der Waals surface area contributed by atoms with Crippen molar-refractivity contribution in [1.29, 1.82) is 0 Å². The van der Waals surface area contributed by atoms with Gasteiger partial charge >= 0.3 is 0 Å². The molecule has 3 nitrogen and oxygen atoms in total. The minimum absolute atomic E-state index is 0.132. The van der Waals surface area contributed by atoms with Crippen LogP contribution in [0.25, 0.3) is 0 Å². The van der Waals surface area contributed by atoms with Gasteiger partial charge in [-0.25, -0.2) is 0 Å². The minimum Gasteiger partial charge on any atom is -0.373 e. The summed E-state index contributed by atoms with van der Waals surface area (Å²) in [5.74, 6) is 0.487. The summed E-state index contributed by atoms with van der Waals surface area (Å²) in [6, 6.07) is 0. The second-order valence-corrected chi connectivity index (χ2v) is 5.65. The van der Waals surface area contributed by atoms with Crippen molar-refractivity contribution in [2.45, 2.75) is 51.9 Å². The van der Waals surface area contributed by atoms with E-state index in [0.29, 0.717) is 18.6 Å². The molecule has 3 aliphatic rings. The monoisotopic (exact) mass is 236 g/mol. The molecule has 5 atom stereocenters. The van der Waals surface area contributed by atoms with E-state index in [1.54, 1.807) is 0 Å². The topological polar surface area (TPSA) is 35.5 Å². The van der Waals surface area contributed by atoms with Crippen molar-refractivity contribution >= 4 is 5.78 Å². The fraction of sp³-hybridized carbons (Fsp3) is 0.786. The normalized spacial score (nSPS) is 48.2. The van der Waals surface area contributed by atoms with Crippen LogP contribution in [0.3, 0.4) is 0 Å². The summed E-state index contributed by atoms with van der Waals surface area (Å²) in [5.41, 5.74) is 1.04. The Bertz CT molecular complexity index is 387. The molecule has 2 fully saturated rings. The minimum atomic E-state index is -0.325. The summed E-state index contributed by atoms with van der Waals surface area (Å²) in [7, 11) is 0. The maximum atomic E-state index is 12.1. The molecule has 94 valence electrons. The number of ether oxygens (including phenoxy) is 2. The third-order valence-corrected chi connectivity index (χ3v) is 4.83. The van der Waals surface area contributed by atoms with Crippen molar-refractivity contribution in [3.63, 3.8) is 0 Å². The summed E-state index contributed by atoms with van der Waals surface area (Å²) < 4.78 is 11.8. The van der Waals surface area contributed by atoms with E-state index in [1.807, 2.05) is 13.0 Å². The van der Waals surface area contributed by atoms with Crippen molar-refractivity contribution in [2.24, 2.45) is 11.3 Å². The van der Waals surface area contributed by atoms with Gasteiger partial charge in [-0.3, -0.25) is 4.79 Å². The average molecular weight is 236 g/mol. The van der Waals surface area contributed by atoms with E-state index in [4.69, 9.17) is 9.47 Å². The molecule has 3 heteroatoms. The molecule has 0 N–H and O–H groups in total. The highest BCUT2D eigenvalue weighted by Gasteiger charge is 2.60. The van der Waals surface area contributed by atoms with Crippen molar-refractivity contribution in [1.82, 2.24) is 0 Å². The van der Waals surface area contributed by atoms with Gasteiger partial charge in [-0.1, -0.05) is 13.8 Å². The summed E-state index contributed by atoms with van der Waals surface area (Å²) >= 11 is 0. The Hall–Kier alpha value is -0.670. The Balaban J connectivity index is 2.03. The number of carbonyl (C=O) groups excluding carboxylic acids is 1. The Morgan fingerprint density at radius 2 is 2.29 bits per heavy atom. The smallest absolute Gasteiger partial charge is 0.185 e. The lowest BCUT2D eigenvalue weighted by atomic mass is 9.71. The molecule has 2 aliphatic heterocycles. The molecule has 0 radical (unpaired) electrons. The molecule has 2 bridgehead atoms. The lowest BCUT2D eigenvalue weighted by Gasteiger charge is -2.44. The average Bonchev–Trinajstić information content (AvgIpc) is 2.85. The molecule has 3 rings (SSSR count). The number of hydrogen-bond donors (Lipinski definition) is 0. The maximum absolute atomic E-state index is 12.1. The maximum Gasteiger partial charge on any atom is 0.185 e. The van der Waals surface area contributed by atoms with E-state index in [2.05, 4.69) is 13.8 Å². The van der Waals surface area contributed by atoms with Crippen LogP contribution in [0.5, 0.6) is 0 Å². The van der Waals surface area contributed by atoms with Gasteiger partial charge in [0.05, 0.1) is 12.2 Å². The zero-order chi connectivity index (χ0) is 12.2. The van der Waals surface area contributed by atoms with Gasteiger partial charge < -0.3 is 9.47 Å². The highest BCUT2D eigenvalue weighted by Crippen LogP contribution is 2.56. The van der Waals surface area contributed by atoms with E-state index in [-0.39, 0.29) is 23.4 Å². The molecule has 0 aromatic rings. The zero-order valence-corrected chi connectivity index (χ0v) is 10.7. The van der Waals surface area contributed by atoms with Gasteiger partial charge in [0, 0.05) is 17.9 Å². The second kappa shape index (κ2) is 3.66. The van der Waals surface area contributed by atoms with E-state index in [9.17, 15) is 4.79 Å². The van der Waals surface area contributed by atoms with Gasteiger partial charge in [0.15, 0.2) is 5.78 Å². The molecule has 0 aromatic carbocycles. The Morgan fingerprint density at radius 1 is 1.53 bits per heavy atom. The first-order chi connectivity index (χ1) is 8.09. The molecule has 0 aromatic heterocycles. The lowest BCUT2D eigenvalue weighted by Crippen LogP contribution is -2.50. The van der Waals surface area contributed by atoms with E-state index in [0.717, 1.165) is 12.8 Å². The highest BCUT2D eigenvalue weighted by molar-refractivity contribution is 5.99. The van der Waals surface area contributed by atoms with Crippen LogP contribution in [0.1, 0.15) is 33.6 Å². The van der Waals surface area contributed by atoms with E-state index >= 15 is 0 Å². The molecular weight excluding hydrogens is 216 g/mol. The van der Waals surface area contributed by atoms with Gasteiger partial charge in [0.1, 0.15) is 6.10 Å². The van der Waals surface area contributed by atoms with Crippen molar-refractivity contribution in [3.05, 3.63) is 11.6 Å². The molecule has 0 saturated carbocycles. The zero-order valence-electron chi connectivity index (χ0n) is 10.7. The SMILES string of the molecule is CCO[C@@H]1C(=O)C=C2[C@@H](C)[C@H]3CC[C@H](O3)[C@@]21C. The molecule has 0 unspecified atom stereocenters. The van der Waals surface area contributed by atoms with Crippen molar-refractivity contribution in [3.8, 4) is 0 Å². The molecule has 17 heavy (non-hydrogen) atoms. The molecule has 0 amide bonds. The van der Waals surface area contributed by atoms with Crippen LogP contribution in [0, 0.1) is 11.3 Å². The Kier molecular flexibility index (Phi) is 2.46. The molecule has 2 saturated heterocycles. The fourth-order valence-corrected chi connectivity index (χ4v) is 3.90. The first-order valence-electron chi connectivity index (χ1n) is 6.62. The summed E-state index contributed by atoms with van der Waals surface area (Å²) in [4.78, 5) is 12.1. The largest absolute Gasteiger partial charge is 0.373 e. The molecule has 0 spiro atoms. The fourth-order valence-electron chi connectivity index (χ4n) is 3.90. The van der Waals surface area contributed by atoms with E-state index < -0.39 is 0 Å². The first-order valence-corrected chi connectivity index (χ1v) is 6.62. The van der Waals surface area contributed by atoms with Crippen molar-refractivity contribution in [2.75, 3.05) is 6.61 Å². The molecular formula is C14H20O3.